The Hall–Kier alpha value is -0.840. The number of likely N-dealkylation sites (tertiary alicyclic amines) is 1. The van der Waals surface area contributed by atoms with Gasteiger partial charge in [-0.25, -0.2) is 9.18 Å². The maximum absolute atomic E-state index is 13.5. The summed E-state index contributed by atoms with van der Waals surface area (Å²) >= 11 is 0. The number of carboxylic acid groups (broad SMARTS) is 1. The van der Waals surface area contributed by atoms with Crippen LogP contribution >= 0.6 is 0 Å². The van der Waals surface area contributed by atoms with Crippen molar-refractivity contribution in [1.29, 1.82) is 0 Å². The Morgan fingerprint density at radius 1 is 1.50 bits per heavy atom. The van der Waals surface area contributed by atoms with Crippen LogP contribution in [0.25, 0.3) is 0 Å². The van der Waals surface area contributed by atoms with Gasteiger partial charge in [-0.15, -0.1) is 0 Å². The third-order valence-electron chi connectivity index (χ3n) is 2.52. The molecule has 0 aromatic heterocycles. The molecule has 1 fully saturated rings. The van der Waals surface area contributed by atoms with Crippen LogP contribution < -0.4 is 0 Å². The normalized spacial score (nSPS) is 33.5. The van der Waals surface area contributed by atoms with Gasteiger partial charge in [-0.05, 0) is 5.41 Å². The molecule has 1 aliphatic heterocycles. The van der Waals surface area contributed by atoms with Gasteiger partial charge in [0.2, 0.25) is 0 Å². The number of alkyl halides is 1. The number of halogens is 1. The first-order valence-electron chi connectivity index (χ1n) is 4.57. The highest BCUT2D eigenvalue weighted by Gasteiger charge is 2.49. The lowest BCUT2D eigenvalue weighted by Crippen LogP contribution is -2.46. The van der Waals surface area contributed by atoms with Crippen LogP contribution in [0.3, 0.4) is 0 Å². The molecule has 3 atom stereocenters. The van der Waals surface area contributed by atoms with E-state index in [-0.39, 0.29) is 6.54 Å². The van der Waals surface area contributed by atoms with Crippen LogP contribution in [-0.4, -0.2) is 46.1 Å². The van der Waals surface area contributed by atoms with Gasteiger partial charge in [-0.1, -0.05) is 20.8 Å². The summed E-state index contributed by atoms with van der Waals surface area (Å²) in [5.41, 5.74) is -0.505. The molecule has 82 valence electrons. The molecule has 0 saturated carbocycles. The Morgan fingerprint density at radius 3 is 2.29 bits per heavy atom. The number of hydrogen-bond acceptors (Lipinski definition) is 2. The Morgan fingerprint density at radius 2 is 2.00 bits per heavy atom. The third-order valence-corrected chi connectivity index (χ3v) is 2.52. The largest absolute Gasteiger partial charge is 0.465 e. The summed E-state index contributed by atoms with van der Waals surface area (Å²) in [5.74, 6) is 0. The molecule has 0 bridgehead atoms. The smallest absolute Gasteiger partial charge is 0.407 e. The van der Waals surface area contributed by atoms with E-state index in [0.29, 0.717) is 0 Å². The Labute approximate surface area is 82.3 Å². The minimum absolute atomic E-state index is 0.140. The molecule has 4 nitrogen and oxygen atoms in total. The molecule has 0 radical (unpaired) electrons. The van der Waals surface area contributed by atoms with Crippen molar-refractivity contribution in [3.05, 3.63) is 0 Å². The van der Waals surface area contributed by atoms with Crippen LogP contribution in [0.2, 0.25) is 0 Å². The number of amides is 1. The fourth-order valence-corrected chi connectivity index (χ4v) is 1.94. The van der Waals surface area contributed by atoms with Crippen molar-refractivity contribution < 1.29 is 19.4 Å². The van der Waals surface area contributed by atoms with Crippen molar-refractivity contribution in [3.8, 4) is 0 Å². The molecule has 0 aliphatic carbocycles. The molecule has 5 heteroatoms. The quantitative estimate of drug-likeness (QED) is 0.622. The van der Waals surface area contributed by atoms with E-state index in [1.165, 1.54) is 0 Å². The van der Waals surface area contributed by atoms with E-state index >= 15 is 0 Å². The fraction of sp³-hybridized carbons (Fsp3) is 0.889. The standard InChI is InChI=1S/C9H16FNO3/c1-9(2,3)7-6(10)5(12)4-11(7)8(13)14/h5-7,12H,4H2,1-3H3,(H,13,14). The van der Waals surface area contributed by atoms with Gasteiger partial charge < -0.3 is 10.2 Å². The van der Waals surface area contributed by atoms with Gasteiger partial charge in [0.25, 0.3) is 0 Å². The highest BCUT2D eigenvalue weighted by molar-refractivity contribution is 5.66. The van der Waals surface area contributed by atoms with E-state index < -0.39 is 29.8 Å². The van der Waals surface area contributed by atoms with Gasteiger partial charge in [-0.3, -0.25) is 4.90 Å². The van der Waals surface area contributed by atoms with E-state index in [0.717, 1.165) is 4.90 Å². The molecule has 3 unspecified atom stereocenters. The van der Waals surface area contributed by atoms with Gasteiger partial charge in [0.15, 0.2) is 0 Å². The lowest BCUT2D eigenvalue weighted by Gasteiger charge is -2.33. The number of carbonyl (C=O) groups is 1. The van der Waals surface area contributed by atoms with E-state index in [1.807, 2.05) is 0 Å². The summed E-state index contributed by atoms with van der Waals surface area (Å²) in [4.78, 5) is 11.8. The molecule has 1 aliphatic rings. The summed E-state index contributed by atoms with van der Waals surface area (Å²) < 4.78 is 13.5. The van der Waals surface area contributed by atoms with Gasteiger partial charge in [0.1, 0.15) is 12.3 Å². The van der Waals surface area contributed by atoms with Crippen LogP contribution in [0.15, 0.2) is 0 Å². The van der Waals surface area contributed by atoms with Crippen LogP contribution in [-0.2, 0) is 0 Å². The van der Waals surface area contributed by atoms with Gasteiger partial charge >= 0.3 is 6.09 Å². The number of β-amino-alcohol motifs (C(OH)–C–C–N with tert-alkyl or cyclic N) is 1. The fourth-order valence-electron chi connectivity index (χ4n) is 1.94. The van der Waals surface area contributed by atoms with Crippen molar-refractivity contribution in [2.24, 2.45) is 5.41 Å². The Kier molecular flexibility index (Phi) is 2.71. The molecule has 1 amide bonds. The molecule has 0 aromatic carbocycles. The summed E-state index contributed by atoms with van der Waals surface area (Å²) in [7, 11) is 0. The van der Waals surface area contributed by atoms with Crippen LogP contribution in [0, 0.1) is 5.41 Å². The molecular weight excluding hydrogens is 189 g/mol. The molecule has 1 rings (SSSR count). The molecule has 0 aromatic rings. The number of hydrogen-bond donors (Lipinski definition) is 2. The maximum Gasteiger partial charge on any atom is 0.407 e. The SMILES string of the molecule is CC(C)(C)C1C(F)C(O)CN1C(=O)O. The van der Waals surface area contributed by atoms with Crippen molar-refractivity contribution >= 4 is 6.09 Å². The monoisotopic (exact) mass is 205 g/mol. The van der Waals surface area contributed by atoms with Crippen molar-refractivity contribution in [2.45, 2.75) is 39.1 Å². The molecule has 1 heterocycles. The molecule has 14 heavy (non-hydrogen) atoms. The second-order valence-electron chi connectivity index (χ2n) is 4.76. The molecule has 0 spiro atoms. The number of aliphatic hydroxyl groups excluding tert-OH is 1. The average Bonchev–Trinajstić information content (AvgIpc) is 2.27. The zero-order chi connectivity index (χ0) is 11.1. The summed E-state index contributed by atoms with van der Waals surface area (Å²) in [5, 5.41) is 18.1. The van der Waals surface area contributed by atoms with Gasteiger partial charge in [-0.2, -0.15) is 0 Å². The summed E-state index contributed by atoms with van der Waals surface area (Å²) in [6.07, 6.45) is -3.87. The van der Waals surface area contributed by atoms with E-state index in [4.69, 9.17) is 5.11 Å². The molecule has 2 N–H and O–H groups in total. The number of aliphatic hydroxyl groups is 1. The Bertz CT molecular complexity index is 239. The van der Waals surface area contributed by atoms with E-state index in [2.05, 4.69) is 0 Å². The summed E-state index contributed by atoms with van der Waals surface area (Å²) in [6, 6.07) is -0.769. The third kappa shape index (κ3) is 1.82. The topological polar surface area (TPSA) is 60.8 Å². The van der Waals surface area contributed by atoms with Crippen molar-refractivity contribution in [1.82, 2.24) is 4.90 Å². The first-order chi connectivity index (χ1) is 6.25. The first kappa shape index (κ1) is 11.2. The second-order valence-corrected chi connectivity index (χ2v) is 4.76. The highest BCUT2D eigenvalue weighted by Crippen LogP contribution is 2.34. The number of rotatable bonds is 0. The highest BCUT2D eigenvalue weighted by atomic mass is 19.1. The lowest BCUT2D eigenvalue weighted by molar-refractivity contribution is 0.0629. The minimum Gasteiger partial charge on any atom is -0.465 e. The van der Waals surface area contributed by atoms with Crippen LogP contribution in [0.1, 0.15) is 20.8 Å². The van der Waals surface area contributed by atoms with Gasteiger partial charge in [0, 0.05) is 0 Å². The maximum atomic E-state index is 13.5. The summed E-state index contributed by atoms with van der Waals surface area (Å²) in [6.45, 7) is 5.15. The first-order valence-corrected chi connectivity index (χ1v) is 4.57. The predicted octanol–water partition coefficient (Wildman–Crippen LogP) is 1.09. The average molecular weight is 205 g/mol. The van der Waals surface area contributed by atoms with E-state index in [1.54, 1.807) is 20.8 Å². The van der Waals surface area contributed by atoms with Crippen LogP contribution in [0.5, 0.6) is 0 Å². The minimum atomic E-state index is -1.49. The lowest BCUT2D eigenvalue weighted by atomic mass is 9.84. The number of nitrogens with zero attached hydrogens (tertiary/aromatic N) is 1. The Balaban J connectivity index is 2.93. The molecular formula is C9H16FNO3. The van der Waals surface area contributed by atoms with Gasteiger partial charge in [0.05, 0.1) is 12.6 Å². The zero-order valence-electron chi connectivity index (χ0n) is 8.57. The zero-order valence-corrected chi connectivity index (χ0v) is 8.57. The van der Waals surface area contributed by atoms with Crippen molar-refractivity contribution in [2.75, 3.05) is 6.54 Å². The van der Waals surface area contributed by atoms with Crippen LogP contribution in [0.4, 0.5) is 9.18 Å². The predicted molar refractivity (Wildman–Crippen MR) is 48.9 cm³/mol. The molecule has 1 saturated heterocycles. The van der Waals surface area contributed by atoms with E-state index in [9.17, 15) is 14.3 Å². The second kappa shape index (κ2) is 3.38. The van der Waals surface area contributed by atoms with Crippen molar-refractivity contribution in [3.63, 3.8) is 0 Å².